The molecule has 0 aliphatic carbocycles. The van der Waals surface area contributed by atoms with Crippen LogP contribution in [-0.2, 0) is 0 Å². The number of amides is 1. The van der Waals surface area contributed by atoms with Crippen molar-refractivity contribution in [2.24, 2.45) is 0 Å². The lowest BCUT2D eigenvalue weighted by atomic mass is 10.2. The Morgan fingerprint density at radius 2 is 1.75 bits per heavy atom. The van der Waals surface area contributed by atoms with Crippen LogP contribution in [0.1, 0.15) is 23.7 Å². The summed E-state index contributed by atoms with van der Waals surface area (Å²) in [7, 11) is 0. The van der Waals surface area contributed by atoms with Gasteiger partial charge in [0.05, 0.1) is 5.56 Å². The van der Waals surface area contributed by atoms with Crippen LogP contribution < -0.4 is 10.2 Å². The van der Waals surface area contributed by atoms with Crippen molar-refractivity contribution in [2.75, 3.05) is 42.9 Å². The first kappa shape index (κ1) is 16.1. The van der Waals surface area contributed by atoms with E-state index in [9.17, 15) is 4.79 Å². The maximum Gasteiger partial charge on any atom is 0.257 e. The summed E-state index contributed by atoms with van der Waals surface area (Å²) in [6.07, 6.45) is 7.62. The van der Waals surface area contributed by atoms with Gasteiger partial charge in [-0.15, -0.1) is 0 Å². The molecule has 1 aliphatic heterocycles. The monoisotopic (exact) mass is 327 g/mol. The Balaban J connectivity index is 1.57. The molecule has 0 saturated carbocycles. The van der Waals surface area contributed by atoms with Gasteiger partial charge < -0.3 is 15.1 Å². The fourth-order valence-corrected chi connectivity index (χ4v) is 2.51. The van der Waals surface area contributed by atoms with E-state index in [1.54, 1.807) is 30.9 Å². The summed E-state index contributed by atoms with van der Waals surface area (Å²) in [5.74, 6) is 1.23. The molecule has 0 aromatic carbocycles. The first-order valence-electron chi connectivity index (χ1n) is 8.15. The van der Waals surface area contributed by atoms with Crippen molar-refractivity contribution in [1.29, 1.82) is 0 Å². The maximum absolute atomic E-state index is 12.5. The molecule has 0 bridgehead atoms. The Kier molecular flexibility index (Phi) is 5.15. The average molecular weight is 327 g/mol. The number of aromatic nitrogens is 4. The summed E-state index contributed by atoms with van der Waals surface area (Å²) in [6, 6.07) is 1.79. The Morgan fingerprint density at radius 3 is 2.38 bits per heavy atom. The molecule has 0 spiro atoms. The van der Waals surface area contributed by atoms with Gasteiger partial charge in [-0.05, 0) is 12.5 Å². The smallest absolute Gasteiger partial charge is 0.257 e. The molecular weight excluding hydrogens is 306 g/mol. The van der Waals surface area contributed by atoms with Gasteiger partial charge in [0.25, 0.3) is 5.91 Å². The van der Waals surface area contributed by atoms with Crippen LogP contribution in [0, 0.1) is 0 Å². The molecule has 8 nitrogen and oxygen atoms in total. The van der Waals surface area contributed by atoms with E-state index >= 15 is 0 Å². The summed E-state index contributed by atoms with van der Waals surface area (Å²) in [4.78, 5) is 33.3. The summed E-state index contributed by atoms with van der Waals surface area (Å²) in [6.45, 7) is 5.58. The minimum Gasteiger partial charge on any atom is -0.354 e. The summed E-state index contributed by atoms with van der Waals surface area (Å²) >= 11 is 0. The molecule has 126 valence electrons. The minimum atomic E-state index is -0.0364. The lowest BCUT2D eigenvalue weighted by Gasteiger charge is -2.34. The highest BCUT2D eigenvalue weighted by atomic mass is 16.2. The zero-order valence-electron chi connectivity index (χ0n) is 13.7. The number of nitrogens with one attached hydrogen (secondary N) is 1. The molecule has 2 aromatic rings. The quantitative estimate of drug-likeness (QED) is 0.878. The third kappa shape index (κ3) is 3.76. The predicted molar refractivity (Wildman–Crippen MR) is 91.0 cm³/mol. The second kappa shape index (κ2) is 7.67. The molecule has 3 heterocycles. The van der Waals surface area contributed by atoms with Crippen molar-refractivity contribution in [1.82, 2.24) is 24.8 Å². The third-order valence-corrected chi connectivity index (χ3v) is 3.83. The molecule has 0 radical (unpaired) electrons. The largest absolute Gasteiger partial charge is 0.354 e. The fourth-order valence-electron chi connectivity index (χ4n) is 2.51. The van der Waals surface area contributed by atoms with Crippen LogP contribution in [0.3, 0.4) is 0 Å². The van der Waals surface area contributed by atoms with E-state index < -0.39 is 0 Å². The van der Waals surface area contributed by atoms with Gasteiger partial charge >= 0.3 is 0 Å². The van der Waals surface area contributed by atoms with E-state index in [-0.39, 0.29) is 5.91 Å². The van der Waals surface area contributed by atoms with E-state index in [0.717, 1.165) is 13.0 Å². The molecule has 24 heavy (non-hydrogen) atoms. The van der Waals surface area contributed by atoms with Gasteiger partial charge in [0.15, 0.2) is 0 Å². The normalized spacial score (nSPS) is 14.5. The standard InChI is InChI=1S/C16H21N7O/c1-2-4-17-15-20-11-13(12-21-15)14(24)22-7-9-23(10-8-22)16-18-5-3-6-19-16/h3,5-6,11-12H,2,4,7-10H2,1H3,(H,17,20,21). The first-order chi connectivity index (χ1) is 11.8. The highest BCUT2D eigenvalue weighted by Crippen LogP contribution is 2.12. The van der Waals surface area contributed by atoms with Crippen LogP contribution >= 0.6 is 0 Å². The van der Waals surface area contributed by atoms with Crippen molar-refractivity contribution in [2.45, 2.75) is 13.3 Å². The molecule has 1 fully saturated rings. The molecule has 1 amide bonds. The maximum atomic E-state index is 12.5. The van der Waals surface area contributed by atoms with Gasteiger partial charge in [-0.25, -0.2) is 19.9 Å². The lowest BCUT2D eigenvalue weighted by molar-refractivity contribution is 0.0745. The molecule has 1 N–H and O–H groups in total. The lowest BCUT2D eigenvalue weighted by Crippen LogP contribution is -2.49. The van der Waals surface area contributed by atoms with Gasteiger partial charge in [-0.1, -0.05) is 6.92 Å². The molecular formula is C16H21N7O. The third-order valence-electron chi connectivity index (χ3n) is 3.83. The molecule has 2 aromatic heterocycles. The molecule has 8 heteroatoms. The highest BCUT2D eigenvalue weighted by molar-refractivity contribution is 5.93. The van der Waals surface area contributed by atoms with Gasteiger partial charge in [-0.3, -0.25) is 4.79 Å². The fraction of sp³-hybridized carbons (Fsp3) is 0.438. The van der Waals surface area contributed by atoms with Gasteiger partial charge in [0, 0.05) is 57.5 Å². The number of carbonyl (C=O) groups is 1. The number of nitrogens with zero attached hydrogens (tertiary/aromatic N) is 6. The van der Waals surface area contributed by atoms with Crippen LogP contribution in [0.5, 0.6) is 0 Å². The van der Waals surface area contributed by atoms with Gasteiger partial charge in [0.1, 0.15) is 0 Å². The average Bonchev–Trinajstić information content (AvgIpc) is 2.67. The number of carbonyl (C=O) groups excluding carboxylic acids is 1. The van der Waals surface area contributed by atoms with Crippen LogP contribution in [-0.4, -0.2) is 63.5 Å². The van der Waals surface area contributed by atoms with Gasteiger partial charge in [-0.2, -0.15) is 0 Å². The summed E-state index contributed by atoms with van der Waals surface area (Å²) in [5, 5.41) is 3.10. The number of anilines is 2. The summed E-state index contributed by atoms with van der Waals surface area (Å²) < 4.78 is 0. The number of hydrogen-bond donors (Lipinski definition) is 1. The molecule has 0 unspecified atom stereocenters. The highest BCUT2D eigenvalue weighted by Gasteiger charge is 2.23. The van der Waals surface area contributed by atoms with Crippen LogP contribution in [0.15, 0.2) is 30.9 Å². The Morgan fingerprint density at radius 1 is 1.08 bits per heavy atom. The summed E-state index contributed by atoms with van der Waals surface area (Å²) in [5.41, 5.74) is 0.515. The SMILES string of the molecule is CCCNc1ncc(C(=O)N2CCN(c3ncccn3)CC2)cn1. The van der Waals surface area contributed by atoms with Crippen molar-refractivity contribution >= 4 is 17.8 Å². The van der Waals surface area contributed by atoms with Crippen LogP contribution in [0.4, 0.5) is 11.9 Å². The van der Waals surface area contributed by atoms with Crippen molar-refractivity contribution in [3.8, 4) is 0 Å². The minimum absolute atomic E-state index is 0.0364. The van der Waals surface area contributed by atoms with Crippen molar-refractivity contribution < 1.29 is 4.79 Å². The topological polar surface area (TPSA) is 87.1 Å². The van der Waals surface area contributed by atoms with Crippen LogP contribution in [0.25, 0.3) is 0 Å². The van der Waals surface area contributed by atoms with Gasteiger partial charge in [0.2, 0.25) is 11.9 Å². The number of hydrogen-bond acceptors (Lipinski definition) is 7. The Hall–Kier alpha value is -2.77. The second-order valence-electron chi connectivity index (χ2n) is 5.55. The number of piperazine rings is 1. The first-order valence-corrected chi connectivity index (χ1v) is 8.15. The van der Waals surface area contributed by atoms with Crippen molar-refractivity contribution in [3.05, 3.63) is 36.4 Å². The van der Waals surface area contributed by atoms with Crippen molar-refractivity contribution in [3.63, 3.8) is 0 Å². The predicted octanol–water partition coefficient (Wildman–Crippen LogP) is 1.05. The Labute approximate surface area is 141 Å². The second-order valence-corrected chi connectivity index (χ2v) is 5.55. The van der Waals surface area contributed by atoms with Crippen LogP contribution in [0.2, 0.25) is 0 Å². The van der Waals surface area contributed by atoms with E-state index in [0.29, 0.717) is 43.6 Å². The van der Waals surface area contributed by atoms with E-state index in [2.05, 4.69) is 37.1 Å². The molecule has 1 aliphatic rings. The van der Waals surface area contributed by atoms with E-state index in [4.69, 9.17) is 0 Å². The molecule has 3 rings (SSSR count). The molecule has 1 saturated heterocycles. The molecule has 0 atom stereocenters. The van der Waals surface area contributed by atoms with E-state index in [1.165, 1.54) is 0 Å². The number of rotatable bonds is 5. The zero-order chi connectivity index (χ0) is 16.8. The van der Waals surface area contributed by atoms with E-state index in [1.807, 2.05) is 4.90 Å². The zero-order valence-corrected chi connectivity index (χ0v) is 13.7. The Bertz CT molecular complexity index is 654.